The highest BCUT2D eigenvalue weighted by Crippen LogP contribution is 2.17. The maximum atomic E-state index is 10.6. The number of hydrogen-bond acceptors (Lipinski definition) is 8. The van der Waals surface area contributed by atoms with Crippen molar-refractivity contribution in [1.29, 1.82) is 0 Å². The van der Waals surface area contributed by atoms with Gasteiger partial charge in [-0.05, 0) is 115 Å². The van der Waals surface area contributed by atoms with Crippen LogP contribution in [-0.2, 0) is 19.2 Å². The van der Waals surface area contributed by atoms with Gasteiger partial charge in [-0.1, -0.05) is 122 Å². The molecule has 14 heteroatoms. The molecule has 312 valence electrons. The van der Waals surface area contributed by atoms with Crippen molar-refractivity contribution in [2.45, 2.75) is 148 Å². The van der Waals surface area contributed by atoms with Crippen LogP contribution in [0.4, 0.5) is 11.4 Å². The highest BCUT2D eigenvalue weighted by Gasteiger charge is 2.20. The summed E-state index contributed by atoms with van der Waals surface area (Å²) >= 11 is 25.9. The Balaban J connectivity index is 0. The Hall–Kier alpha value is -2.91. The molecule has 56 heavy (non-hydrogen) atoms. The smallest absolute Gasteiger partial charge is 0.269 e. The Morgan fingerprint density at radius 2 is 1.09 bits per heavy atom. The predicted octanol–water partition coefficient (Wildman–Crippen LogP) is 14.4. The Morgan fingerprint density at radius 3 is 1.39 bits per heavy atom. The summed E-state index contributed by atoms with van der Waals surface area (Å²) in [5.41, 5.74) is 1.53. The van der Waals surface area contributed by atoms with E-state index in [1.54, 1.807) is 13.8 Å². The Kier molecular flexibility index (Phi) is 35.9. The molecule has 2 aromatic rings. The third-order valence-corrected chi connectivity index (χ3v) is 9.25. The minimum Gasteiger partial charge on any atom is -0.281 e. The fourth-order valence-electron chi connectivity index (χ4n) is 4.75. The number of hydrogen-bond donors (Lipinski definition) is 0. The third kappa shape index (κ3) is 36.7. The zero-order valence-electron chi connectivity index (χ0n) is 32.9. The molecule has 0 saturated heterocycles. The molecule has 0 heterocycles. The van der Waals surface area contributed by atoms with E-state index >= 15 is 0 Å². The van der Waals surface area contributed by atoms with E-state index in [-0.39, 0.29) is 10.9 Å². The average Bonchev–Trinajstić information content (AvgIpc) is 3.14. The molecule has 0 aliphatic rings. The summed E-state index contributed by atoms with van der Waals surface area (Å²) in [6.45, 7) is 5.38. The van der Waals surface area contributed by atoms with Gasteiger partial charge in [0.2, 0.25) is 21.8 Å². The Labute approximate surface area is 358 Å². The van der Waals surface area contributed by atoms with Gasteiger partial charge in [-0.15, -0.1) is 11.6 Å². The largest absolute Gasteiger partial charge is 0.281 e. The molecule has 9 nitrogen and oxygen atoms in total. The molecule has 0 aliphatic heterocycles. The van der Waals surface area contributed by atoms with Crippen LogP contribution in [0.3, 0.4) is 0 Å². The van der Waals surface area contributed by atoms with E-state index in [4.69, 9.17) is 58.0 Å². The Bertz CT molecular complexity index is 1450. The van der Waals surface area contributed by atoms with Crippen LogP contribution < -0.4 is 0 Å². The van der Waals surface area contributed by atoms with Gasteiger partial charge in [-0.3, -0.25) is 29.3 Å². The second-order valence-corrected chi connectivity index (χ2v) is 15.8. The van der Waals surface area contributed by atoms with Crippen molar-refractivity contribution in [2.24, 2.45) is 4.99 Å². The number of carbonyl (C=O) groups is 4. The van der Waals surface area contributed by atoms with Crippen LogP contribution in [0.1, 0.15) is 159 Å². The van der Waals surface area contributed by atoms with Crippen LogP contribution in [-0.4, -0.2) is 36.8 Å². The highest BCUT2D eigenvalue weighted by atomic mass is 35.5. The van der Waals surface area contributed by atoms with E-state index in [0.717, 1.165) is 12.8 Å². The molecule has 0 saturated carbocycles. The first-order valence-corrected chi connectivity index (χ1v) is 21.0. The van der Waals surface area contributed by atoms with Gasteiger partial charge in [0.15, 0.2) is 0 Å². The van der Waals surface area contributed by atoms with Crippen LogP contribution in [0.5, 0.6) is 0 Å². The van der Waals surface area contributed by atoms with Gasteiger partial charge in [-0.2, -0.15) is 4.99 Å². The molecule has 0 aliphatic carbocycles. The van der Waals surface area contributed by atoms with E-state index in [2.05, 4.69) is 11.9 Å². The van der Waals surface area contributed by atoms with Crippen LogP contribution in [0.25, 0.3) is 6.08 Å². The molecule has 0 bridgehead atoms. The number of nitrogens with zero attached hydrogens (tertiary/aromatic N) is 2. The molecule has 2 aromatic carbocycles. The average molecular weight is 879 g/mol. The number of isocyanates is 1. The van der Waals surface area contributed by atoms with E-state index in [1.165, 1.54) is 169 Å². The van der Waals surface area contributed by atoms with Crippen LogP contribution in [0.15, 0.2) is 59.6 Å². The van der Waals surface area contributed by atoms with Crippen LogP contribution in [0.2, 0.25) is 0 Å². The summed E-state index contributed by atoms with van der Waals surface area (Å²) in [4.78, 5) is 63.7. The molecule has 0 fully saturated rings. The van der Waals surface area contributed by atoms with E-state index in [9.17, 15) is 34.1 Å². The molecular weight excluding hydrogens is 822 g/mol. The molecular formula is C42H57Cl5N2O7. The second kappa shape index (κ2) is 36.4. The summed E-state index contributed by atoms with van der Waals surface area (Å²) in [6, 6.07) is 11.8. The maximum Gasteiger partial charge on any atom is 0.269 e. The number of aliphatic imine (C=N–C) groups is 1. The lowest BCUT2D eigenvalue weighted by Crippen LogP contribution is -2.18. The van der Waals surface area contributed by atoms with Crippen molar-refractivity contribution in [3.8, 4) is 0 Å². The summed E-state index contributed by atoms with van der Waals surface area (Å²) in [7, 11) is 0. The molecule has 0 spiro atoms. The van der Waals surface area contributed by atoms with E-state index in [1.807, 2.05) is 0 Å². The molecule has 0 atom stereocenters. The number of halogens is 5. The lowest BCUT2D eigenvalue weighted by Gasteiger charge is -2.05. The number of alkyl halides is 1. The summed E-state index contributed by atoms with van der Waals surface area (Å²) in [5.74, 6) is 0. The van der Waals surface area contributed by atoms with Gasteiger partial charge in [-0.25, -0.2) is 4.79 Å². The zero-order valence-corrected chi connectivity index (χ0v) is 36.6. The molecule has 2 rings (SSSR count). The number of carbonyl (C=O) groups excluding carboxylic acids is 5. The van der Waals surface area contributed by atoms with Gasteiger partial charge >= 0.3 is 0 Å². The van der Waals surface area contributed by atoms with Gasteiger partial charge in [0.25, 0.3) is 10.9 Å². The topological polar surface area (TPSA) is 141 Å². The van der Waals surface area contributed by atoms with E-state index in [0.29, 0.717) is 23.2 Å². The normalized spacial score (nSPS) is 10.4. The number of nitro benzene ring substituents is 1. The van der Waals surface area contributed by atoms with Crippen molar-refractivity contribution in [2.75, 3.05) is 0 Å². The fourth-order valence-corrected chi connectivity index (χ4v) is 5.08. The molecule has 0 unspecified atom stereocenters. The van der Waals surface area contributed by atoms with Gasteiger partial charge < -0.3 is 0 Å². The monoisotopic (exact) mass is 876 g/mol. The lowest BCUT2D eigenvalue weighted by molar-refractivity contribution is -0.384. The number of rotatable bonds is 25. The minimum absolute atomic E-state index is 0.0133. The molecule has 0 aromatic heterocycles. The van der Waals surface area contributed by atoms with Crippen molar-refractivity contribution < 1.29 is 28.9 Å². The summed E-state index contributed by atoms with van der Waals surface area (Å²) in [5, 5.41) is 8.48. The lowest BCUT2D eigenvalue weighted by atomic mass is 10.0. The van der Waals surface area contributed by atoms with Gasteiger partial charge in [0.05, 0.1) is 10.6 Å². The van der Waals surface area contributed by atoms with Gasteiger partial charge in [0.1, 0.15) is 4.87 Å². The van der Waals surface area contributed by atoms with Crippen molar-refractivity contribution in [3.05, 3.63) is 75.8 Å². The van der Waals surface area contributed by atoms with Crippen LogP contribution in [0, 0.1) is 10.1 Å². The molecule has 0 N–H and O–H groups in total. The summed E-state index contributed by atoms with van der Waals surface area (Å²) in [6.07, 6.45) is 29.3. The SMILES string of the molecule is CC(C)(Cl)C(=O)Cl.CCCCCCCCCCCCCCCCCCCCC(=O)Cl.O=C(Cl)C=Cc1ccc([N+](=O)[O-])cc1.O=C=Nc1ccc(C(=O)Cl)cc1. The first-order chi connectivity index (χ1) is 26.5. The fraction of sp³-hybridized carbons (Fsp3) is 0.548. The van der Waals surface area contributed by atoms with Crippen LogP contribution >= 0.6 is 58.0 Å². The standard InChI is InChI=1S/C21H41ClO.C9H6ClNO3.C8H4ClNO2.C4H6Cl2O/c1-2-3-4-5-6-7-8-9-10-11-12-13-14-15-16-17-18-19-20-21(22)23;10-9(12)6-3-7-1-4-8(5-2-7)11(13)14;9-8(12)6-1-3-7(4-2-6)10-5-11;1-4(2,6)3(5)7/h2-20H2,1H3;1-6H;1-4H;1-2H3. The number of non-ortho nitro benzene ring substituents is 1. The zero-order chi connectivity index (χ0) is 42.6. The first kappa shape index (κ1) is 55.2. The number of unbranched alkanes of at least 4 members (excludes halogenated alkanes) is 17. The predicted molar refractivity (Wildman–Crippen MR) is 232 cm³/mol. The highest BCUT2D eigenvalue weighted by molar-refractivity contribution is 6.70. The molecule has 0 amide bonds. The summed E-state index contributed by atoms with van der Waals surface area (Å²) < 4.78 is 0. The number of benzene rings is 2. The van der Waals surface area contributed by atoms with Crippen molar-refractivity contribution in [3.63, 3.8) is 0 Å². The number of allylic oxidation sites excluding steroid dienone is 1. The van der Waals surface area contributed by atoms with Crippen molar-refractivity contribution in [1.82, 2.24) is 0 Å². The minimum atomic E-state index is -0.901. The molecule has 0 radical (unpaired) electrons. The number of nitro groups is 1. The second-order valence-electron chi connectivity index (χ2n) is 13.4. The Morgan fingerprint density at radius 1 is 0.696 bits per heavy atom. The third-order valence-electron chi connectivity index (χ3n) is 7.97. The maximum absolute atomic E-state index is 10.6. The first-order valence-electron chi connectivity index (χ1n) is 19.1. The quantitative estimate of drug-likeness (QED) is 0.0141. The van der Waals surface area contributed by atoms with Crippen molar-refractivity contribution >= 4 is 103 Å². The van der Waals surface area contributed by atoms with Gasteiger partial charge in [0, 0.05) is 24.1 Å². The van der Waals surface area contributed by atoms with E-state index < -0.39 is 25.5 Å².